The first-order valence-electron chi connectivity index (χ1n) is 6.80. The van der Waals surface area contributed by atoms with Gasteiger partial charge in [-0.15, -0.1) is 0 Å². The van der Waals surface area contributed by atoms with Gasteiger partial charge in [-0.2, -0.15) is 0 Å². The predicted octanol–water partition coefficient (Wildman–Crippen LogP) is 1.48. The van der Waals surface area contributed by atoms with Gasteiger partial charge >= 0.3 is 0 Å². The van der Waals surface area contributed by atoms with E-state index >= 15 is 0 Å². The minimum Gasteiger partial charge on any atom is -0.373 e. The van der Waals surface area contributed by atoms with Gasteiger partial charge in [0.1, 0.15) is 0 Å². The third kappa shape index (κ3) is 3.44. The Balaban J connectivity index is 1.81. The molecule has 16 heavy (non-hydrogen) atoms. The van der Waals surface area contributed by atoms with Crippen molar-refractivity contribution < 1.29 is 4.74 Å². The number of likely N-dealkylation sites (N-methyl/N-ethyl adjacent to an activating group) is 1. The second kappa shape index (κ2) is 5.48. The van der Waals surface area contributed by atoms with Gasteiger partial charge in [-0.1, -0.05) is 6.92 Å². The smallest absolute Gasteiger partial charge is 0.0678 e. The van der Waals surface area contributed by atoms with E-state index in [1.165, 1.54) is 19.4 Å². The molecule has 3 heteroatoms. The molecule has 0 aromatic heterocycles. The molecular weight excluding hydrogens is 200 g/mol. The highest BCUT2D eigenvalue weighted by atomic mass is 16.5. The maximum Gasteiger partial charge on any atom is 0.0678 e. The van der Waals surface area contributed by atoms with E-state index in [0.29, 0.717) is 18.2 Å². The van der Waals surface area contributed by atoms with Crippen LogP contribution in [0.2, 0.25) is 0 Å². The molecule has 2 fully saturated rings. The molecule has 1 heterocycles. The molecule has 0 amide bonds. The Labute approximate surface area is 99.5 Å². The van der Waals surface area contributed by atoms with Gasteiger partial charge in [0.05, 0.1) is 12.2 Å². The molecule has 1 saturated carbocycles. The lowest BCUT2D eigenvalue weighted by atomic mass is 10.1. The lowest BCUT2D eigenvalue weighted by Crippen LogP contribution is -2.51. The van der Waals surface area contributed by atoms with Crippen LogP contribution in [-0.4, -0.2) is 49.3 Å². The fourth-order valence-corrected chi connectivity index (χ4v) is 2.85. The predicted molar refractivity (Wildman–Crippen MR) is 66.6 cm³/mol. The quantitative estimate of drug-likeness (QED) is 0.768. The summed E-state index contributed by atoms with van der Waals surface area (Å²) in [7, 11) is 0. The van der Waals surface area contributed by atoms with Crippen molar-refractivity contribution in [1.29, 1.82) is 0 Å². The number of morpholine rings is 1. The van der Waals surface area contributed by atoms with Crippen molar-refractivity contribution in [3.63, 3.8) is 0 Å². The third-order valence-corrected chi connectivity index (χ3v) is 3.61. The molecule has 3 atom stereocenters. The number of hydrogen-bond donors (Lipinski definition) is 1. The molecule has 2 aliphatic rings. The third-order valence-electron chi connectivity index (χ3n) is 3.61. The van der Waals surface area contributed by atoms with Crippen molar-refractivity contribution in [2.75, 3.05) is 26.2 Å². The molecule has 1 aliphatic heterocycles. The van der Waals surface area contributed by atoms with Crippen LogP contribution in [0.5, 0.6) is 0 Å². The van der Waals surface area contributed by atoms with Crippen molar-refractivity contribution in [2.24, 2.45) is 5.92 Å². The molecule has 2 rings (SSSR count). The SMILES string of the molecule is CCNC(CN1C[C@@H](C)O[C@@H](C)C1)C1CC1. The minimum absolute atomic E-state index is 0.394. The minimum atomic E-state index is 0.394. The normalized spacial score (nSPS) is 33.9. The van der Waals surface area contributed by atoms with Crippen molar-refractivity contribution in [2.45, 2.75) is 51.9 Å². The second-order valence-corrected chi connectivity index (χ2v) is 5.48. The Morgan fingerprint density at radius 2 is 1.88 bits per heavy atom. The summed E-state index contributed by atoms with van der Waals surface area (Å²) >= 11 is 0. The van der Waals surface area contributed by atoms with Gasteiger partial charge in [0.2, 0.25) is 0 Å². The van der Waals surface area contributed by atoms with E-state index in [4.69, 9.17) is 4.74 Å². The van der Waals surface area contributed by atoms with Crippen LogP contribution in [0.25, 0.3) is 0 Å². The molecule has 94 valence electrons. The summed E-state index contributed by atoms with van der Waals surface area (Å²) in [6.07, 6.45) is 3.63. The van der Waals surface area contributed by atoms with Crippen LogP contribution >= 0.6 is 0 Å². The number of nitrogens with one attached hydrogen (secondary N) is 1. The van der Waals surface area contributed by atoms with E-state index in [1.54, 1.807) is 0 Å². The van der Waals surface area contributed by atoms with E-state index in [2.05, 4.69) is 31.0 Å². The largest absolute Gasteiger partial charge is 0.373 e. The molecule has 0 bridgehead atoms. The average Bonchev–Trinajstić information content (AvgIpc) is 2.98. The van der Waals surface area contributed by atoms with Crippen molar-refractivity contribution in [1.82, 2.24) is 10.2 Å². The highest BCUT2D eigenvalue weighted by molar-refractivity contribution is 4.89. The lowest BCUT2D eigenvalue weighted by Gasteiger charge is -2.37. The molecule has 1 aliphatic carbocycles. The first-order valence-corrected chi connectivity index (χ1v) is 6.80. The Kier molecular flexibility index (Phi) is 4.22. The van der Waals surface area contributed by atoms with E-state index in [0.717, 1.165) is 25.6 Å². The highest BCUT2D eigenvalue weighted by Gasteiger charge is 2.33. The molecule has 1 saturated heterocycles. The van der Waals surface area contributed by atoms with E-state index in [-0.39, 0.29) is 0 Å². The van der Waals surface area contributed by atoms with Gasteiger partial charge in [-0.25, -0.2) is 0 Å². The van der Waals surface area contributed by atoms with Crippen molar-refractivity contribution in [3.8, 4) is 0 Å². The van der Waals surface area contributed by atoms with Gasteiger partial charge in [0.25, 0.3) is 0 Å². The Morgan fingerprint density at radius 1 is 1.25 bits per heavy atom. The summed E-state index contributed by atoms with van der Waals surface area (Å²) in [6, 6.07) is 0.711. The van der Waals surface area contributed by atoms with Crippen LogP contribution in [-0.2, 0) is 4.74 Å². The van der Waals surface area contributed by atoms with Crippen molar-refractivity contribution >= 4 is 0 Å². The molecular formula is C13H26N2O. The summed E-state index contributed by atoms with van der Waals surface area (Å²) < 4.78 is 5.77. The summed E-state index contributed by atoms with van der Waals surface area (Å²) in [4.78, 5) is 2.57. The van der Waals surface area contributed by atoms with E-state index in [9.17, 15) is 0 Å². The topological polar surface area (TPSA) is 24.5 Å². The molecule has 0 spiro atoms. The molecule has 1 N–H and O–H groups in total. The highest BCUT2D eigenvalue weighted by Crippen LogP contribution is 2.33. The van der Waals surface area contributed by atoms with Crippen LogP contribution in [0.4, 0.5) is 0 Å². The zero-order chi connectivity index (χ0) is 11.5. The van der Waals surface area contributed by atoms with Crippen LogP contribution in [0.15, 0.2) is 0 Å². The standard InChI is InChI=1S/C13H26N2O/c1-4-14-13(12-5-6-12)9-15-7-10(2)16-11(3)8-15/h10-14H,4-9H2,1-3H3/t10-,11+,13?. The molecule has 0 aromatic rings. The maximum absolute atomic E-state index is 5.77. The number of hydrogen-bond acceptors (Lipinski definition) is 3. The summed E-state index contributed by atoms with van der Waals surface area (Å²) in [5.41, 5.74) is 0. The number of ether oxygens (including phenoxy) is 1. The molecule has 3 nitrogen and oxygen atoms in total. The zero-order valence-electron chi connectivity index (χ0n) is 10.9. The molecule has 1 unspecified atom stereocenters. The number of nitrogens with zero attached hydrogens (tertiary/aromatic N) is 1. The zero-order valence-corrected chi connectivity index (χ0v) is 10.9. The van der Waals surface area contributed by atoms with Crippen LogP contribution in [0.3, 0.4) is 0 Å². The van der Waals surface area contributed by atoms with Crippen LogP contribution in [0, 0.1) is 5.92 Å². The first-order chi connectivity index (χ1) is 7.69. The monoisotopic (exact) mass is 226 g/mol. The molecule has 0 radical (unpaired) electrons. The van der Waals surface area contributed by atoms with E-state index in [1.807, 2.05) is 0 Å². The first kappa shape index (κ1) is 12.3. The van der Waals surface area contributed by atoms with Crippen LogP contribution < -0.4 is 5.32 Å². The van der Waals surface area contributed by atoms with Crippen LogP contribution in [0.1, 0.15) is 33.6 Å². The summed E-state index contributed by atoms with van der Waals surface area (Å²) in [5, 5.41) is 3.64. The fourth-order valence-electron chi connectivity index (χ4n) is 2.85. The second-order valence-electron chi connectivity index (χ2n) is 5.48. The Bertz CT molecular complexity index is 208. The molecule has 0 aromatic carbocycles. The summed E-state index contributed by atoms with van der Waals surface area (Å²) in [6.45, 7) is 11.1. The van der Waals surface area contributed by atoms with Gasteiger partial charge in [0, 0.05) is 25.7 Å². The summed E-state index contributed by atoms with van der Waals surface area (Å²) in [5.74, 6) is 0.938. The van der Waals surface area contributed by atoms with E-state index < -0.39 is 0 Å². The van der Waals surface area contributed by atoms with Gasteiger partial charge < -0.3 is 10.1 Å². The Hall–Kier alpha value is -0.120. The number of rotatable bonds is 5. The lowest BCUT2D eigenvalue weighted by molar-refractivity contribution is -0.0703. The average molecular weight is 226 g/mol. The van der Waals surface area contributed by atoms with Crippen molar-refractivity contribution in [3.05, 3.63) is 0 Å². The van der Waals surface area contributed by atoms with Gasteiger partial charge in [-0.3, -0.25) is 4.90 Å². The maximum atomic E-state index is 5.77. The Morgan fingerprint density at radius 3 is 2.38 bits per heavy atom. The van der Waals surface area contributed by atoms with Gasteiger partial charge in [0.15, 0.2) is 0 Å². The fraction of sp³-hybridized carbons (Fsp3) is 1.00. The van der Waals surface area contributed by atoms with Gasteiger partial charge in [-0.05, 0) is 39.2 Å².